The molecule has 0 atom stereocenters. The van der Waals surface area contributed by atoms with Crippen molar-refractivity contribution in [2.45, 2.75) is 68.8 Å². The van der Waals surface area contributed by atoms with E-state index in [-0.39, 0.29) is 0 Å². The van der Waals surface area contributed by atoms with Gasteiger partial charge in [-0.05, 0) is 51.0 Å². The monoisotopic (exact) mass is 386 g/mol. The van der Waals surface area contributed by atoms with E-state index in [1.165, 1.54) is 36.1 Å². The fourth-order valence-corrected chi connectivity index (χ4v) is 5.93. The predicted molar refractivity (Wildman–Crippen MR) is 106 cm³/mol. The van der Waals surface area contributed by atoms with Crippen LogP contribution in [0.25, 0.3) is 10.2 Å². The number of hydrogen-bond acceptors (Lipinski definition) is 7. The third-order valence-corrected chi connectivity index (χ3v) is 7.37. The van der Waals surface area contributed by atoms with Gasteiger partial charge in [0.1, 0.15) is 22.3 Å². The molecule has 8 heteroatoms. The van der Waals surface area contributed by atoms with Crippen LogP contribution in [0.3, 0.4) is 0 Å². The number of aryl methyl sites for hydroxylation is 2. The quantitative estimate of drug-likeness (QED) is 0.669. The molecule has 136 valence electrons. The minimum Gasteiger partial charge on any atom is -0.383 e. The molecule has 2 aliphatic rings. The first-order valence-electron chi connectivity index (χ1n) is 9.37. The lowest BCUT2D eigenvalue weighted by atomic mass is 9.97. The first-order valence-corrected chi connectivity index (χ1v) is 11.2. The number of anilines is 1. The maximum absolute atomic E-state index is 6.32. The summed E-state index contributed by atoms with van der Waals surface area (Å²) in [6, 6.07) is 0. The van der Waals surface area contributed by atoms with Crippen LogP contribution in [-0.4, -0.2) is 24.7 Å². The second kappa shape index (κ2) is 6.49. The number of nitrogen functional groups attached to an aromatic ring is 1. The van der Waals surface area contributed by atoms with Crippen molar-refractivity contribution < 1.29 is 0 Å². The minimum absolute atomic E-state index is 0.609. The second-order valence-corrected chi connectivity index (χ2v) is 9.09. The van der Waals surface area contributed by atoms with E-state index in [1.807, 2.05) is 0 Å². The molecule has 0 unspecified atom stereocenters. The SMILES string of the molecule is CCn1c(SCc2nc(N)c3c4c(sc3n2)CCCC4)nnc1C1CC1. The molecule has 2 N–H and O–H groups in total. The molecule has 6 nitrogen and oxygen atoms in total. The lowest BCUT2D eigenvalue weighted by molar-refractivity contribution is 0.643. The highest BCUT2D eigenvalue weighted by atomic mass is 32.2. The Morgan fingerprint density at radius 2 is 2.04 bits per heavy atom. The van der Waals surface area contributed by atoms with E-state index in [4.69, 9.17) is 10.7 Å². The van der Waals surface area contributed by atoms with E-state index in [2.05, 4.69) is 26.7 Å². The van der Waals surface area contributed by atoms with Crippen molar-refractivity contribution in [3.05, 3.63) is 22.1 Å². The van der Waals surface area contributed by atoms with Gasteiger partial charge in [0.15, 0.2) is 5.16 Å². The molecule has 0 saturated heterocycles. The smallest absolute Gasteiger partial charge is 0.191 e. The van der Waals surface area contributed by atoms with Crippen LogP contribution in [0, 0.1) is 0 Å². The van der Waals surface area contributed by atoms with Crippen molar-refractivity contribution in [3.63, 3.8) is 0 Å². The van der Waals surface area contributed by atoms with E-state index in [9.17, 15) is 0 Å². The number of fused-ring (bicyclic) bond motifs is 3. The standard InChI is InChI=1S/C18H22N6S2/c1-2-24-16(10-7-8-10)22-23-18(24)25-9-13-20-15(19)14-11-5-3-4-6-12(11)26-17(14)21-13/h10H,2-9H2,1H3,(H2,19,20,21). The fourth-order valence-electron chi connectivity index (χ4n) is 3.77. The summed E-state index contributed by atoms with van der Waals surface area (Å²) < 4.78 is 2.23. The summed E-state index contributed by atoms with van der Waals surface area (Å²) in [6.07, 6.45) is 7.26. The van der Waals surface area contributed by atoms with Crippen LogP contribution in [-0.2, 0) is 25.1 Å². The van der Waals surface area contributed by atoms with E-state index < -0.39 is 0 Å². The zero-order valence-electron chi connectivity index (χ0n) is 14.9. The molecule has 1 fully saturated rings. The normalized spacial score (nSPS) is 17.0. The number of thioether (sulfide) groups is 1. The van der Waals surface area contributed by atoms with E-state index in [1.54, 1.807) is 23.1 Å². The van der Waals surface area contributed by atoms with Gasteiger partial charge in [-0.25, -0.2) is 9.97 Å². The summed E-state index contributed by atoms with van der Waals surface area (Å²) in [5, 5.41) is 10.9. The Bertz CT molecular complexity index is 972. The van der Waals surface area contributed by atoms with Gasteiger partial charge < -0.3 is 10.3 Å². The van der Waals surface area contributed by atoms with Gasteiger partial charge in [-0.2, -0.15) is 0 Å². The third-order valence-electron chi connectivity index (χ3n) is 5.22. The van der Waals surface area contributed by atoms with Gasteiger partial charge in [-0.3, -0.25) is 0 Å². The topological polar surface area (TPSA) is 82.5 Å². The van der Waals surface area contributed by atoms with Crippen molar-refractivity contribution in [1.29, 1.82) is 0 Å². The Morgan fingerprint density at radius 1 is 1.19 bits per heavy atom. The van der Waals surface area contributed by atoms with Gasteiger partial charge in [-0.15, -0.1) is 21.5 Å². The molecule has 0 bridgehead atoms. The summed E-state index contributed by atoms with van der Waals surface area (Å²) >= 11 is 3.46. The number of nitrogens with zero attached hydrogens (tertiary/aromatic N) is 5. The Labute approximate surface area is 160 Å². The lowest BCUT2D eigenvalue weighted by Gasteiger charge is -2.10. The maximum Gasteiger partial charge on any atom is 0.191 e. The van der Waals surface area contributed by atoms with Gasteiger partial charge in [0.2, 0.25) is 0 Å². The van der Waals surface area contributed by atoms with Crippen LogP contribution in [0.4, 0.5) is 5.82 Å². The molecular formula is C18H22N6S2. The van der Waals surface area contributed by atoms with Crippen LogP contribution in [0.1, 0.15) is 60.6 Å². The number of hydrogen-bond donors (Lipinski definition) is 1. The molecule has 0 aliphatic heterocycles. The highest BCUT2D eigenvalue weighted by molar-refractivity contribution is 7.98. The summed E-state index contributed by atoms with van der Waals surface area (Å²) in [7, 11) is 0. The van der Waals surface area contributed by atoms with Crippen molar-refractivity contribution in [2.75, 3.05) is 5.73 Å². The van der Waals surface area contributed by atoms with E-state index in [0.717, 1.165) is 46.4 Å². The maximum atomic E-state index is 6.32. The van der Waals surface area contributed by atoms with Gasteiger partial charge in [0, 0.05) is 17.3 Å². The first-order chi connectivity index (χ1) is 12.7. The molecule has 0 radical (unpaired) electrons. The van der Waals surface area contributed by atoms with Crippen LogP contribution in [0.5, 0.6) is 0 Å². The van der Waals surface area contributed by atoms with Crippen molar-refractivity contribution in [3.8, 4) is 0 Å². The van der Waals surface area contributed by atoms with Gasteiger partial charge in [-0.1, -0.05) is 11.8 Å². The summed E-state index contributed by atoms with van der Waals surface area (Å²) in [6.45, 7) is 3.05. The third kappa shape index (κ3) is 2.79. The van der Waals surface area contributed by atoms with Gasteiger partial charge in [0.25, 0.3) is 0 Å². The Morgan fingerprint density at radius 3 is 2.85 bits per heavy atom. The highest BCUT2D eigenvalue weighted by Gasteiger charge is 2.30. The van der Waals surface area contributed by atoms with Gasteiger partial charge >= 0.3 is 0 Å². The number of rotatable bonds is 5. The highest BCUT2D eigenvalue weighted by Crippen LogP contribution is 2.40. The zero-order chi connectivity index (χ0) is 17.7. The second-order valence-electron chi connectivity index (χ2n) is 7.06. The largest absolute Gasteiger partial charge is 0.383 e. The molecule has 1 saturated carbocycles. The molecule has 3 aromatic heterocycles. The van der Waals surface area contributed by atoms with E-state index >= 15 is 0 Å². The fraction of sp³-hybridized carbons (Fsp3) is 0.556. The molecular weight excluding hydrogens is 364 g/mol. The van der Waals surface area contributed by atoms with E-state index in [0.29, 0.717) is 17.5 Å². The molecule has 2 aliphatic carbocycles. The summed E-state index contributed by atoms with van der Waals surface area (Å²) in [5.41, 5.74) is 7.71. The molecule has 0 aromatic carbocycles. The molecule has 0 amide bonds. The Kier molecular flexibility index (Phi) is 4.12. The van der Waals surface area contributed by atoms with Crippen LogP contribution >= 0.6 is 23.1 Å². The zero-order valence-corrected chi connectivity index (χ0v) is 16.5. The van der Waals surface area contributed by atoms with Crippen molar-refractivity contribution >= 4 is 39.1 Å². The number of aromatic nitrogens is 5. The average Bonchev–Trinajstić information content (AvgIpc) is 3.29. The van der Waals surface area contributed by atoms with Gasteiger partial charge in [0.05, 0.1) is 11.1 Å². The van der Waals surface area contributed by atoms with Crippen LogP contribution in [0.2, 0.25) is 0 Å². The Hall–Kier alpha value is -1.67. The average molecular weight is 387 g/mol. The van der Waals surface area contributed by atoms with Crippen molar-refractivity contribution in [1.82, 2.24) is 24.7 Å². The molecule has 5 rings (SSSR count). The molecule has 26 heavy (non-hydrogen) atoms. The Balaban J connectivity index is 1.41. The predicted octanol–water partition coefficient (Wildman–Crippen LogP) is 3.93. The minimum atomic E-state index is 0.609. The van der Waals surface area contributed by atoms with Crippen molar-refractivity contribution in [2.24, 2.45) is 0 Å². The lowest BCUT2D eigenvalue weighted by Crippen LogP contribution is -2.04. The molecule has 3 aromatic rings. The summed E-state index contributed by atoms with van der Waals surface area (Å²) in [5.74, 6) is 3.85. The number of thiophene rings is 1. The van der Waals surface area contributed by atoms with Crippen LogP contribution < -0.4 is 5.73 Å². The first kappa shape index (κ1) is 16.5. The summed E-state index contributed by atoms with van der Waals surface area (Å²) in [4.78, 5) is 11.9. The molecule has 3 heterocycles. The van der Waals surface area contributed by atoms with Crippen LogP contribution in [0.15, 0.2) is 5.16 Å². The number of nitrogens with two attached hydrogens (primary N) is 1. The molecule has 0 spiro atoms.